The number of rotatable bonds is 4. The average Bonchev–Trinajstić information content (AvgIpc) is 2.27. The molecule has 0 radical (unpaired) electrons. The zero-order chi connectivity index (χ0) is 11.4. The van der Waals surface area contributed by atoms with E-state index in [2.05, 4.69) is 0 Å². The van der Waals surface area contributed by atoms with Gasteiger partial charge in [0.1, 0.15) is 6.10 Å². The third-order valence-corrected chi connectivity index (χ3v) is 2.24. The molecule has 0 heterocycles. The van der Waals surface area contributed by atoms with E-state index in [9.17, 15) is 15.0 Å². The molecule has 0 bridgehead atoms. The first-order valence-electron chi connectivity index (χ1n) is 4.73. The van der Waals surface area contributed by atoms with Gasteiger partial charge in [0.05, 0.1) is 6.10 Å². The van der Waals surface area contributed by atoms with Crippen LogP contribution in [0.4, 0.5) is 0 Å². The van der Waals surface area contributed by atoms with Crippen LogP contribution in [0.2, 0.25) is 0 Å². The van der Waals surface area contributed by atoms with Crippen molar-refractivity contribution in [2.45, 2.75) is 19.1 Å². The number of Topliss-reactive ketones (excluding diaryl/α,β-unsaturated/α-hetero) is 1. The van der Waals surface area contributed by atoms with Crippen LogP contribution < -0.4 is 5.73 Å². The molecule has 2 unspecified atom stereocenters. The van der Waals surface area contributed by atoms with Gasteiger partial charge in [0.2, 0.25) is 0 Å². The van der Waals surface area contributed by atoms with Gasteiger partial charge < -0.3 is 15.9 Å². The summed E-state index contributed by atoms with van der Waals surface area (Å²) in [6.07, 6.45) is -2.05. The highest BCUT2D eigenvalue weighted by Crippen LogP contribution is 2.17. The maximum absolute atomic E-state index is 11.1. The number of hydrogen-bond donors (Lipinski definition) is 3. The fraction of sp³-hybridized carbons (Fsp3) is 0.364. The van der Waals surface area contributed by atoms with Crippen LogP contribution in [0, 0.1) is 0 Å². The van der Waals surface area contributed by atoms with Crippen molar-refractivity contribution >= 4 is 5.78 Å². The van der Waals surface area contributed by atoms with Gasteiger partial charge in [-0.05, 0) is 18.6 Å². The summed E-state index contributed by atoms with van der Waals surface area (Å²) in [4.78, 5) is 11.1. The van der Waals surface area contributed by atoms with Crippen LogP contribution in [0.3, 0.4) is 0 Å². The summed E-state index contributed by atoms with van der Waals surface area (Å²) in [6.45, 7) is 1.43. The largest absolute Gasteiger partial charge is 0.389 e. The smallest absolute Gasteiger partial charge is 0.159 e. The minimum absolute atomic E-state index is 0.0224. The number of carbonyl (C=O) groups excluding carboxylic acids is 1. The fourth-order valence-corrected chi connectivity index (χ4v) is 1.29. The second kappa shape index (κ2) is 5.02. The van der Waals surface area contributed by atoms with Crippen molar-refractivity contribution < 1.29 is 15.0 Å². The Morgan fingerprint density at radius 2 is 2.13 bits per heavy atom. The second-order valence-electron chi connectivity index (χ2n) is 3.43. The van der Waals surface area contributed by atoms with Crippen molar-refractivity contribution in [1.82, 2.24) is 0 Å². The Balaban J connectivity index is 2.94. The van der Waals surface area contributed by atoms with Crippen LogP contribution >= 0.6 is 0 Å². The van der Waals surface area contributed by atoms with E-state index in [-0.39, 0.29) is 12.3 Å². The molecule has 4 nitrogen and oxygen atoms in total. The quantitative estimate of drug-likeness (QED) is 0.620. The highest BCUT2D eigenvalue weighted by atomic mass is 16.3. The van der Waals surface area contributed by atoms with E-state index in [1.165, 1.54) is 6.92 Å². The van der Waals surface area contributed by atoms with Crippen LogP contribution in [0.5, 0.6) is 0 Å². The van der Waals surface area contributed by atoms with E-state index < -0.39 is 12.2 Å². The molecule has 0 amide bonds. The molecule has 1 aromatic rings. The Morgan fingerprint density at radius 1 is 1.47 bits per heavy atom. The van der Waals surface area contributed by atoms with Crippen molar-refractivity contribution in [3.8, 4) is 0 Å². The first-order chi connectivity index (χ1) is 7.06. The molecule has 1 aromatic carbocycles. The summed E-state index contributed by atoms with van der Waals surface area (Å²) < 4.78 is 0. The fourth-order valence-electron chi connectivity index (χ4n) is 1.29. The first-order valence-corrected chi connectivity index (χ1v) is 4.73. The zero-order valence-corrected chi connectivity index (χ0v) is 8.55. The van der Waals surface area contributed by atoms with E-state index in [1.807, 2.05) is 0 Å². The normalized spacial score (nSPS) is 14.7. The van der Waals surface area contributed by atoms with Crippen molar-refractivity contribution in [3.05, 3.63) is 35.4 Å². The zero-order valence-electron chi connectivity index (χ0n) is 8.55. The number of benzene rings is 1. The molecule has 0 spiro atoms. The van der Waals surface area contributed by atoms with Gasteiger partial charge in [0, 0.05) is 12.1 Å². The van der Waals surface area contributed by atoms with Crippen LogP contribution in [-0.4, -0.2) is 28.6 Å². The van der Waals surface area contributed by atoms with Crippen LogP contribution in [0.15, 0.2) is 24.3 Å². The van der Waals surface area contributed by atoms with Gasteiger partial charge in [-0.3, -0.25) is 4.79 Å². The van der Waals surface area contributed by atoms with E-state index in [4.69, 9.17) is 5.73 Å². The number of ketones is 1. The monoisotopic (exact) mass is 209 g/mol. The van der Waals surface area contributed by atoms with E-state index in [0.29, 0.717) is 11.1 Å². The topological polar surface area (TPSA) is 83.5 Å². The SMILES string of the molecule is CC(=O)c1cccc(C(O)C(O)CN)c1. The van der Waals surface area contributed by atoms with E-state index in [1.54, 1.807) is 24.3 Å². The number of nitrogens with two attached hydrogens (primary N) is 1. The molecule has 0 aliphatic heterocycles. The molecule has 4 heteroatoms. The van der Waals surface area contributed by atoms with Crippen LogP contribution in [0.1, 0.15) is 28.9 Å². The molecule has 4 N–H and O–H groups in total. The lowest BCUT2D eigenvalue weighted by atomic mass is 10.0. The Labute approximate surface area is 88.3 Å². The lowest BCUT2D eigenvalue weighted by molar-refractivity contribution is 0.0243. The number of carbonyl (C=O) groups is 1. The van der Waals surface area contributed by atoms with Crippen molar-refractivity contribution in [3.63, 3.8) is 0 Å². The lowest BCUT2D eigenvalue weighted by Crippen LogP contribution is -2.27. The molecule has 0 aromatic heterocycles. The Bertz CT molecular complexity index is 351. The second-order valence-corrected chi connectivity index (χ2v) is 3.43. The minimum Gasteiger partial charge on any atom is -0.389 e. The lowest BCUT2D eigenvalue weighted by Gasteiger charge is -2.16. The minimum atomic E-state index is -1.05. The molecule has 0 saturated carbocycles. The third kappa shape index (κ3) is 2.86. The summed E-state index contributed by atoms with van der Waals surface area (Å²) in [7, 11) is 0. The molecule has 0 aliphatic carbocycles. The summed E-state index contributed by atoms with van der Waals surface area (Å²) in [5, 5.41) is 19.0. The molecular formula is C11H15NO3. The molecule has 82 valence electrons. The van der Waals surface area contributed by atoms with Gasteiger partial charge in [-0.15, -0.1) is 0 Å². The van der Waals surface area contributed by atoms with Crippen LogP contribution in [0.25, 0.3) is 0 Å². The predicted octanol–water partition coefficient (Wildman–Crippen LogP) is 0.242. The highest BCUT2D eigenvalue weighted by Gasteiger charge is 2.17. The van der Waals surface area contributed by atoms with E-state index >= 15 is 0 Å². The van der Waals surface area contributed by atoms with Gasteiger partial charge in [-0.1, -0.05) is 18.2 Å². The predicted molar refractivity (Wildman–Crippen MR) is 56.5 cm³/mol. The molecule has 15 heavy (non-hydrogen) atoms. The Hall–Kier alpha value is -1.23. The number of aliphatic hydroxyl groups excluding tert-OH is 2. The first kappa shape index (κ1) is 11.8. The van der Waals surface area contributed by atoms with Gasteiger partial charge in [-0.2, -0.15) is 0 Å². The molecule has 0 fully saturated rings. The molecule has 1 rings (SSSR count). The van der Waals surface area contributed by atoms with E-state index in [0.717, 1.165) is 0 Å². The Morgan fingerprint density at radius 3 is 2.67 bits per heavy atom. The molecule has 2 atom stereocenters. The van der Waals surface area contributed by atoms with Gasteiger partial charge in [0.25, 0.3) is 0 Å². The molecular weight excluding hydrogens is 194 g/mol. The third-order valence-electron chi connectivity index (χ3n) is 2.24. The number of aliphatic hydroxyl groups is 2. The van der Waals surface area contributed by atoms with Gasteiger partial charge in [-0.25, -0.2) is 0 Å². The maximum Gasteiger partial charge on any atom is 0.159 e. The summed E-state index contributed by atoms with van der Waals surface area (Å²) in [5.74, 6) is -0.0775. The van der Waals surface area contributed by atoms with Crippen molar-refractivity contribution in [1.29, 1.82) is 0 Å². The van der Waals surface area contributed by atoms with Crippen LogP contribution in [-0.2, 0) is 0 Å². The summed E-state index contributed by atoms with van der Waals surface area (Å²) >= 11 is 0. The standard InChI is InChI=1S/C11H15NO3/c1-7(13)8-3-2-4-9(5-8)11(15)10(14)6-12/h2-5,10-11,14-15H,6,12H2,1H3. The Kier molecular flexibility index (Phi) is 3.96. The van der Waals surface area contributed by atoms with Crippen molar-refractivity contribution in [2.75, 3.05) is 6.54 Å². The summed E-state index contributed by atoms with van der Waals surface area (Å²) in [5.41, 5.74) is 6.24. The molecule has 0 saturated heterocycles. The van der Waals surface area contributed by atoms with Gasteiger partial charge >= 0.3 is 0 Å². The van der Waals surface area contributed by atoms with Crippen molar-refractivity contribution in [2.24, 2.45) is 5.73 Å². The number of hydrogen-bond acceptors (Lipinski definition) is 4. The average molecular weight is 209 g/mol. The highest BCUT2D eigenvalue weighted by molar-refractivity contribution is 5.94. The van der Waals surface area contributed by atoms with Gasteiger partial charge in [0.15, 0.2) is 5.78 Å². The maximum atomic E-state index is 11.1. The summed E-state index contributed by atoms with van der Waals surface area (Å²) in [6, 6.07) is 6.54. The molecule has 0 aliphatic rings.